The van der Waals surface area contributed by atoms with Crippen LogP contribution in [0.2, 0.25) is 5.02 Å². The molecule has 0 radical (unpaired) electrons. The van der Waals surface area contributed by atoms with Crippen molar-refractivity contribution in [3.8, 4) is 0 Å². The Morgan fingerprint density at radius 3 is 2.76 bits per heavy atom. The number of rotatable bonds is 1. The first kappa shape index (κ1) is 12.4. The summed E-state index contributed by atoms with van der Waals surface area (Å²) in [6, 6.07) is 1.73. The van der Waals surface area contributed by atoms with Gasteiger partial charge in [-0.05, 0) is 24.8 Å². The van der Waals surface area contributed by atoms with Gasteiger partial charge in [0, 0.05) is 25.0 Å². The summed E-state index contributed by atoms with van der Waals surface area (Å²) in [5.74, 6) is -0.00641. The lowest BCUT2D eigenvalue weighted by Crippen LogP contribution is -2.30. The van der Waals surface area contributed by atoms with E-state index in [4.69, 9.17) is 11.6 Å². The Kier molecular flexibility index (Phi) is 3.13. The molecule has 0 aromatic carbocycles. The summed E-state index contributed by atoms with van der Waals surface area (Å²) < 4.78 is 0. The zero-order chi connectivity index (χ0) is 12.6. The molecule has 0 N–H and O–H groups in total. The van der Waals surface area contributed by atoms with Crippen LogP contribution in [0.4, 0.5) is 0 Å². The second-order valence-corrected chi connectivity index (χ2v) is 5.85. The van der Waals surface area contributed by atoms with Gasteiger partial charge in [-0.15, -0.1) is 0 Å². The summed E-state index contributed by atoms with van der Waals surface area (Å²) in [5.41, 5.74) is 1.54. The van der Waals surface area contributed by atoms with Crippen molar-refractivity contribution in [1.29, 1.82) is 0 Å². The highest BCUT2D eigenvalue weighted by Crippen LogP contribution is 2.30. The molecule has 4 heteroatoms. The van der Waals surface area contributed by atoms with Gasteiger partial charge in [0.05, 0.1) is 10.6 Å². The highest BCUT2D eigenvalue weighted by Gasteiger charge is 2.33. The predicted octanol–water partition coefficient (Wildman–Crippen LogP) is 2.92. The van der Waals surface area contributed by atoms with Gasteiger partial charge in [-0.25, -0.2) is 0 Å². The molecule has 1 aromatic heterocycles. The molecule has 1 aromatic rings. The molecule has 92 valence electrons. The number of hydrogen-bond acceptors (Lipinski definition) is 2. The first-order valence-corrected chi connectivity index (χ1v) is 6.18. The Morgan fingerprint density at radius 2 is 2.24 bits per heavy atom. The average Bonchev–Trinajstić information content (AvgIpc) is 2.58. The summed E-state index contributed by atoms with van der Waals surface area (Å²) in [7, 11) is 0. The summed E-state index contributed by atoms with van der Waals surface area (Å²) in [6.45, 7) is 7.80. The minimum Gasteiger partial charge on any atom is -0.338 e. The van der Waals surface area contributed by atoms with Crippen molar-refractivity contribution in [2.45, 2.75) is 27.2 Å². The number of nitrogens with zero attached hydrogens (tertiary/aromatic N) is 2. The van der Waals surface area contributed by atoms with Gasteiger partial charge in [0.15, 0.2) is 0 Å². The van der Waals surface area contributed by atoms with Crippen LogP contribution in [0.5, 0.6) is 0 Å². The Morgan fingerprint density at radius 1 is 1.53 bits per heavy atom. The third-order valence-electron chi connectivity index (χ3n) is 3.19. The van der Waals surface area contributed by atoms with Gasteiger partial charge in [0.1, 0.15) is 0 Å². The normalized spacial score (nSPS) is 18.5. The summed E-state index contributed by atoms with van der Waals surface area (Å²) in [6.07, 6.45) is 2.61. The molecule has 1 amide bonds. The number of carbonyl (C=O) groups excluding carboxylic acids is 1. The van der Waals surface area contributed by atoms with E-state index in [0.29, 0.717) is 10.6 Å². The lowest BCUT2D eigenvalue weighted by Gasteiger charge is -2.20. The van der Waals surface area contributed by atoms with E-state index in [1.165, 1.54) is 0 Å². The van der Waals surface area contributed by atoms with Crippen LogP contribution in [0.3, 0.4) is 0 Å². The maximum atomic E-state index is 12.3. The second kappa shape index (κ2) is 4.30. The summed E-state index contributed by atoms with van der Waals surface area (Å²) >= 11 is 6.09. The van der Waals surface area contributed by atoms with E-state index in [2.05, 4.69) is 18.8 Å². The lowest BCUT2D eigenvalue weighted by molar-refractivity contribution is 0.0778. The lowest BCUT2D eigenvalue weighted by atomic mass is 9.93. The fraction of sp³-hybridized carbons (Fsp3) is 0.538. The molecule has 1 saturated heterocycles. The summed E-state index contributed by atoms with van der Waals surface area (Å²) in [4.78, 5) is 18.3. The van der Waals surface area contributed by atoms with Crippen molar-refractivity contribution < 1.29 is 4.79 Å². The van der Waals surface area contributed by atoms with Crippen molar-refractivity contribution in [3.05, 3.63) is 28.5 Å². The van der Waals surface area contributed by atoms with Crippen molar-refractivity contribution in [2.24, 2.45) is 5.41 Å². The number of aryl methyl sites for hydroxylation is 1. The molecule has 0 bridgehead atoms. The molecule has 3 nitrogen and oxygen atoms in total. The van der Waals surface area contributed by atoms with Gasteiger partial charge in [-0.2, -0.15) is 0 Å². The van der Waals surface area contributed by atoms with Crippen molar-refractivity contribution in [3.63, 3.8) is 0 Å². The van der Waals surface area contributed by atoms with Gasteiger partial charge in [-0.1, -0.05) is 25.4 Å². The maximum absolute atomic E-state index is 12.3. The van der Waals surface area contributed by atoms with E-state index >= 15 is 0 Å². The molecule has 0 spiro atoms. The maximum Gasteiger partial charge on any atom is 0.256 e. The number of aromatic nitrogens is 1. The van der Waals surface area contributed by atoms with Crippen LogP contribution in [0, 0.1) is 12.3 Å². The molecule has 17 heavy (non-hydrogen) atoms. The zero-order valence-electron chi connectivity index (χ0n) is 10.5. The number of likely N-dealkylation sites (tertiary alicyclic amines) is 1. The zero-order valence-corrected chi connectivity index (χ0v) is 11.2. The van der Waals surface area contributed by atoms with Crippen molar-refractivity contribution in [1.82, 2.24) is 9.88 Å². The Labute approximate surface area is 107 Å². The monoisotopic (exact) mass is 252 g/mol. The first-order valence-electron chi connectivity index (χ1n) is 5.80. The minimum absolute atomic E-state index is 0.00641. The minimum atomic E-state index is -0.00641. The quantitative estimate of drug-likeness (QED) is 0.770. The highest BCUT2D eigenvalue weighted by atomic mass is 35.5. The molecular weight excluding hydrogens is 236 g/mol. The fourth-order valence-electron chi connectivity index (χ4n) is 2.14. The van der Waals surface area contributed by atoms with E-state index in [1.807, 2.05) is 11.8 Å². The SMILES string of the molecule is Cc1cc(Cl)c(C(=O)N2CCC(C)(C)C2)cn1. The standard InChI is InChI=1S/C13H17ClN2O/c1-9-6-11(14)10(7-15-9)12(17)16-5-4-13(2,3)8-16/h6-7H,4-5,8H2,1-3H3. The predicted molar refractivity (Wildman–Crippen MR) is 68.3 cm³/mol. The van der Waals surface area contributed by atoms with Crippen LogP contribution >= 0.6 is 11.6 Å². The highest BCUT2D eigenvalue weighted by molar-refractivity contribution is 6.33. The molecule has 0 unspecified atom stereocenters. The molecule has 1 fully saturated rings. The average molecular weight is 253 g/mol. The molecule has 2 rings (SSSR count). The van der Waals surface area contributed by atoms with Gasteiger partial charge in [0.2, 0.25) is 0 Å². The molecule has 2 heterocycles. The van der Waals surface area contributed by atoms with Crippen molar-refractivity contribution in [2.75, 3.05) is 13.1 Å². The van der Waals surface area contributed by atoms with E-state index < -0.39 is 0 Å². The number of amides is 1. The van der Waals surface area contributed by atoms with E-state index in [-0.39, 0.29) is 11.3 Å². The van der Waals surface area contributed by atoms with E-state index in [0.717, 1.165) is 25.2 Å². The Bertz CT molecular complexity index is 457. The second-order valence-electron chi connectivity index (χ2n) is 5.45. The van der Waals surface area contributed by atoms with Crippen molar-refractivity contribution >= 4 is 17.5 Å². The first-order chi connectivity index (χ1) is 7.89. The number of hydrogen-bond donors (Lipinski definition) is 0. The number of pyridine rings is 1. The fourth-order valence-corrected chi connectivity index (χ4v) is 2.43. The third kappa shape index (κ3) is 2.60. The third-order valence-corrected chi connectivity index (χ3v) is 3.50. The van der Waals surface area contributed by atoms with Crippen LogP contribution in [-0.4, -0.2) is 28.9 Å². The van der Waals surface area contributed by atoms with Gasteiger partial charge in [0.25, 0.3) is 5.91 Å². The molecule has 1 aliphatic rings. The molecular formula is C13H17ClN2O. The number of carbonyl (C=O) groups is 1. The van der Waals surface area contributed by atoms with Gasteiger partial charge >= 0.3 is 0 Å². The molecule has 0 saturated carbocycles. The smallest absolute Gasteiger partial charge is 0.256 e. The molecule has 0 atom stereocenters. The van der Waals surface area contributed by atoms with Crippen LogP contribution in [0.15, 0.2) is 12.3 Å². The number of halogens is 1. The molecule has 0 aliphatic carbocycles. The van der Waals surface area contributed by atoms with Gasteiger partial charge in [-0.3, -0.25) is 9.78 Å². The topological polar surface area (TPSA) is 33.2 Å². The van der Waals surface area contributed by atoms with Crippen LogP contribution in [-0.2, 0) is 0 Å². The van der Waals surface area contributed by atoms with E-state index in [9.17, 15) is 4.79 Å². The van der Waals surface area contributed by atoms with Gasteiger partial charge < -0.3 is 4.90 Å². The largest absolute Gasteiger partial charge is 0.338 e. The Hall–Kier alpha value is -1.09. The van der Waals surface area contributed by atoms with E-state index in [1.54, 1.807) is 12.3 Å². The molecule has 1 aliphatic heterocycles. The van der Waals surface area contributed by atoms with Crippen LogP contribution in [0.1, 0.15) is 36.3 Å². The van der Waals surface area contributed by atoms with Crippen LogP contribution < -0.4 is 0 Å². The summed E-state index contributed by atoms with van der Waals surface area (Å²) in [5, 5.41) is 0.493. The Balaban J connectivity index is 2.21. The van der Waals surface area contributed by atoms with Crippen LogP contribution in [0.25, 0.3) is 0 Å².